The Morgan fingerprint density at radius 1 is 1.00 bits per heavy atom. The van der Waals surface area contributed by atoms with Gasteiger partial charge in [0.1, 0.15) is 0 Å². The fourth-order valence-electron chi connectivity index (χ4n) is 2.55. The Kier molecular flexibility index (Phi) is 3.98. The highest BCUT2D eigenvalue weighted by Crippen LogP contribution is 2.24. The van der Waals surface area contributed by atoms with Crippen molar-refractivity contribution in [3.63, 3.8) is 0 Å². The second-order valence-electron chi connectivity index (χ2n) is 4.96. The summed E-state index contributed by atoms with van der Waals surface area (Å²) in [5, 5.41) is 9.64. The molecule has 0 aliphatic carbocycles. The van der Waals surface area contributed by atoms with Gasteiger partial charge in [0.25, 0.3) is 0 Å². The van der Waals surface area contributed by atoms with Crippen LogP contribution in [0.1, 0.15) is 21.6 Å². The number of carbonyl (C=O) groups is 1. The maximum Gasteiger partial charge on any atom is 0.337 e. The number of nitrogens with zero attached hydrogens (tertiary/aromatic N) is 1. The van der Waals surface area contributed by atoms with Crippen molar-refractivity contribution in [3.05, 3.63) is 88.7 Å². The zero-order chi connectivity index (χ0) is 15.5. The molecule has 3 aromatic rings. The molecule has 0 aliphatic heterocycles. The molecule has 3 nitrogen and oxygen atoms in total. The molecule has 4 heteroatoms. The molecule has 0 bridgehead atoms. The van der Waals surface area contributed by atoms with Gasteiger partial charge in [-0.1, -0.05) is 41.9 Å². The summed E-state index contributed by atoms with van der Waals surface area (Å²) in [7, 11) is 0. The molecule has 1 aromatic heterocycles. The first-order valence-electron chi connectivity index (χ1n) is 6.89. The first-order chi connectivity index (χ1) is 10.7. The van der Waals surface area contributed by atoms with Crippen molar-refractivity contribution in [2.45, 2.75) is 6.42 Å². The van der Waals surface area contributed by atoms with Gasteiger partial charge in [0.15, 0.2) is 0 Å². The standard InChI is InChI=1S/C18H14ClNO2/c19-16-10-4-6-13(17(16)18(21)22)12-15-9-5-11-20(15)14-7-2-1-3-8-14/h1-11H,12H2,(H,21,22). The molecule has 0 amide bonds. The Hall–Kier alpha value is -2.52. The molecule has 2 aromatic carbocycles. The Balaban J connectivity index is 2.01. The number of carboxylic acid groups (broad SMARTS) is 1. The van der Waals surface area contributed by atoms with Crippen molar-refractivity contribution in [2.24, 2.45) is 0 Å². The van der Waals surface area contributed by atoms with E-state index in [2.05, 4.69) is 0 Å². The lowest BCUT2D eigenvalue weighted by Crippen LogP contribution is -2.06. The average molecular weight is 312 g/mol. The summed E-state index contributed by atoms with van der Waals surface area (Å²) in [6.45, 7) is 0. The van der Waals surface area contributed by atoms with Gasteiger partial charge in [0.05, 0.1) is 10.6 Å². The van der Waals surface area contributed by atoms with Crippen LogP contribution in [0, 0.1) is 0 Å². The summed E-state index contributed by atoms with van der Waals surface area (Å²) in [6.07, 6.45) is 2.47. The molecule has 0 aliphatic rings. The van der Waals surface area contributed by atoms with E-state index in [9.17, 15) is 9.90 Å². The van der Waals surface area contributed by atoms with Crippen LogP contribution in [0.25, 0.3) is 5.69 Å². The summed E-state index contributed by atoms with van der Waals surface area (Å²) < 4.78 is 2.05. The van der Waals surface area contributed by atoms with Crippen LogP contribution in [-0.4, -0.2) is 15.6 Å². The summed E-state index contributed by atoms with van der Waals surface area (Å²) in [6, 6.07) is 19.1. The summed E-state index contributed by atoms with van der Waals surface area (Å²) >= 11 is 6.03. The molecule has 1 heterocycles. The number of aromatic nitrogens is 1. The van der Waals surface area contributed by atoms with Crippen molar-refractivity contribution in [1.29, 1.82) is 0 Å². The van der Waals surface area contributed by atoms with Crippen molar-refractivity contribution in [3.8, 4) is 5.69 Å². The van der Waals surface area contributed by atoms with Gasteiger partial charge in [-0.15, -0.1) is 0 Å². The van der Waals surface area contributed by atoms with Crippen LogP contribution in [0.15, 0.2) is 66.9 Å². The maximum atomic E-state index is 11.4. The normalized spacial score (nSPS) is 10.6. The largest absolute Gasteiger partial charge is 0.478 e. The highest BCUT2D eigenvalue weighted by atomic mass is 35.5. The van der Waals surface area contributed by atoms with Gasteiger partial charge in [-0.3, -0.25) is 0 Å². The van der Waals surface area contributed by atoms with Gasteiger partial charge in [0, 0.05) is 24.0 Å². The molecule has 0 unspecified atom stereocenters. The minimum absolute atomic E-state index is 0.171. The molecule has 0 spiro atoms. The number of rotatable bonds is 4. The lowest BCUT2D eigenvalue weighted by Gasteiger charge is -2.11. The molecule has 0 radical (unpaired) electrons. The van der Waals surface area contributed by atoms with E-state index in [4.69, 9.17) is 11.6 Å². The highest BCUT2D eigenvalue weighted by molar-refractivity contribution is 6.33. The first kappa shape index (κ1) is 14.4. The van der Waals surface area contributed by atoms with Crippen molar-refractivity contribution < 1.29 is 9.90 Å². The number of aromatic carboxylic acids is 1. The number of benzene rings is 2. The topological polar surface area (TPSA) is 42.2 Å². The molecule has 1 N–H and O–H groups in total. The van der Waals surface area contributed by atoms with E-state index >= 15 is 0 Å². The second kappa shape index (κ2) is 6.08. The number of hydrogen-bond acceptors (Lipinski definition) is 1. The van der Waals surface area contributed by atoms with Crippen molar-refractivity contribution in [1.82, 2.24) is 4.57 Å². The Bertz CT molecular complexity index is 809. The van der Waals surface area contributed by atoms with E-state index in [0.717, 1.165) is 11.4 Å². The van der Waals surface area contributed by atoms with E-state index < -0.39 is 5.97 Å². The average Bonchev–Trinajstić information content (AvgIpc) is 2.96. The van der Waals surface area contributed by atoms with Gasteiger partial charge in [-0.2, -0.15) is 0 Å². The maximum absolute atomic E-state index is 11.4. The van der Waals surface area contributed by atoms with Gasteiger partial charge < -0.3 is 9.67 Å². The minimum atomic E-state index is -1.00. The molecular formula is C18H14ClNO2. The minimum Gasteiger partial charge on any atom is -0.478 e. The van der Waals surface area contributed by atoms with Crippen molar-refractivity contribution >= 4 is 17.6 Å². The first-order valence-corrected chi connectivity index (χ1v) is 7.27. The van der Waals surface area contributed by atoms with E-state index in [0.29, 0.717) is 12.0 Å². The third kappa shape index (κ3) is 2.76. The van der Waals surface area contributed by atoms with E-state index in [1.807, 2.05) is 53.2 Å². The van der Waals surface area contributed by atoms with Gasteiger partial charge in [0.2, 0.25) is 0 Å². The monoisotopic (exact) mass is 311 g/mol. The third-order valence-electron chi connectivity index (χ3n) is 3.55. The number of para-hydroxylation sites is 1. The third-order valence-corrected chi connectivity index (χ3v) is 3.87. The molecule has 0 atom stereocenters. The van der Waals surface area contributed by atoms with Gasteiger partial charge >= 0.3 is 5.97 Å². The predicted octanol–water partition coefficient (Wildman–Crippen LogP) is 4.42. The lowest BCUT2D eigenvalue weighted by atomic mass is 10.0. The van der Waals surface area contributed by atoms with E-state index in [-0.39, 0.29) is 10.6 Å². The molecule has 110 valence electrons. The fraction of sp³-hybridized carbons (Fsp3) is 0.0556. The van der Waals surface area contributed by atoms with Crippen LogP contribution < -0.4 is 0 Å². The SMILES string of the molecule is O=C(O)c1c(Cl)cccc1Cc1cccn1-c1ccccc1. The fourth-order valence-corrected chi connectivity index (χ4v) is 2.83. The van der Waals surface area contributed by atoms with Crippen molar-refractivity contribution in [2.75, 3.05) is 0 Å². The second-order valence-corrected chi connectivity index (χ2v) is 5.37. The molecule has 3 rings (SSSR count). The smallest absolute Gasteiger partial charge is 0.337 e. The van der Waals surface area contributed by atoms with E-state index in [1.165, 1.54) is 0 Å². The highest BCUT2D eigenvalue weighted by Gasteiger charge is 2.15. The van der Waals surface area contributed by atoms with Gasteiger partial charge in [-0.05, 0) is 35.9 Å². The number of carboxylic acids is 1. The Morgan fingerprint density at radius 2 is 1.77 bits per heavy atom. The van der Waals surface area contributed by atoms with Gasteiger partial charge in [-0.25, -0.2) is 4.79 Å². The van der Waals surface area contributed by atoms with Crippen LogP contribution in [0.2, 0.25) is 5.02 Å². The Labute approximate surface area is 133 Å². The molecule has 0 saturated heterocycles. The van der Waals surface area contributed by atoms with Crippen LogP contribution in [0.4, 0.5) is 0 Å². The Morgan fingerprint density at radius 3 is 2.50 bits per heavy atom. The molecule has 0 saturated carbocycles. The predicted molar refractivity (Wildman–Crippen MR) is 87.0 cm³/mol. The van der Waals surface area contributed by atoms with Crippen LogP contribution >= 0.6 is 11.6 Å². The zero-order valence-electron chi connectivity index (χ0n) is 11.7. The van der Waals surface area contributed by atoms with Crippen LogP contribution in [0.5, 0.6) is 0 Å². The van der Waals surface area contributed by atoms with Crippen LogP contribution in [0.3, 0.4) is 0 Å². The zero-order valence-corrected chi connectivity index (χ0v) is 12.5. The van der Waals surface area contributed by atoms with E-state index in [1.54, 1.807) is 18.2 Å². The number of halogens is 1. The molecule has 22 heavy (non-hydrogen) atoms. The molecule has 0 fully saturated rings. The quantitative estimate of drug-likeness (QED) is 0.775. The summed E-state index contributed by atoms with van der Waals surface area (Å²) in [5.74, 6) is -1.00. The summed E-state index contributed by atoms with van der Waals surface area (Å²) in [4.78, 5) is 11.4. The number of hydrogen-bond donors (Lipinski definition) is 1. The lowest BCUT2D eigenvalue weighted by molar-refractivity contribution is 0.0696. The summed E-state index contributed by atoms with van der Waals surface area (Å²) in [5.41, 5.74) is 2.93. The van der Waals surface area contributed by atoms with Crippen LogP contribution in [-0.2, 0) is 6.42 Å². The molecular weight excluding hydrogens is 298 g/mol.